The van der Waals surface area contributed by atoms with Gasteiger partial charge in [0.05, 0.1) is 11.5 Å². The lowest BCUT2D eigenvalue weighted by Crippen LogP contribution is -2.16. The Morgan fingerprint density at radius 3 is 2.71 bits per heavy atom. The number of ether oxygens (including phenoxy) is 1. The molecule has 1 fully saturated rings. The van der Waals surface area contributed by atoms with Crippen LogP contribution >= 0.6 is 11.6 Å². The number of halogens is 1. The van der Waals surface area contributed by atoms with Crippen molar-refractivity contribution in [2.75, 3.05) is 6.61 Å². The van der Waals surface area contributed by atoms with Gasteiger partial charge in [-0.15, -0.1) is 11.6 Å². The lowest BCUT2D eigenvalue weighted by atomic mass is 9.92. The Balaban J connectivity index is 1.80. The first-order valence-corrected chi connectivity index (χ1v) is 7.84. The number of benzene rings is 2. The number of hydrogen-bond acceptors (Lipinski definition) is 2. The molecule has 3 unspecified atom stereocenters. The van der Waals surface area contributed by atoms with Gasteiger partial charge in [0.2, 0.25) is 0 Å². The summed E-state index contributed by atoms with van der Waals surface area (Å²) < 4.78 is 11.5. The van der Waals surface area contributed by atoms with Crippen LogP contribution in [0.3, 0.4) is 0 Å². The van der Waals surface area contributed by atoms with Gasteiger partial charge in [-0.05, 0) is 37.1 Å². The average molecular weight is 301 g/mol. The number of fused-ring (bicyclic) bond motifs is 3. The molecule has 2 nitrogen and oxygen atoms in total. The average Bonchev–Trinajstić information content (AvgIpc) is 3.09. The second-order valence-electron chi connectivity index (χ2n) is 5.78. The fraction of sp³-hybridized carbons (Fsp3) is 0.333. The van der Waals surface area contributed by atoms with Gasteiger partial charge in [0.1, 0.15) is 11.2 Å². The van der Waals surface area contributed by atoms with Crippen LogP contribution in [0, 0.1) is 5.92 Å². The van der Waals surface area contributed by atoms with Gasteiger partial charge < -0.3 is 9.15 Å². The van der Waals surface area contributed by atoms with E-state index in [9.17, 15) is 0 Å². The molecule has 1 saturated heterocycles. The number of alkyl halides is 1. The number of hydrogen-bond donors (Lipinski definition) is 0. The van der Waals surface area contributed by atoms with Crippen LogP contribution < -0.4 is 0 Å². The Bertz CT molecular complexity index is 792. The van der Waals surface area contributed by atoms with Gasteiger partial charge in [-0.25, -0.2) is 0 Å². The highest BCUT2D eigenvalue weighted by atomic mass is 35.5. The second kappa shape index (κ2) is 5.04. The van der Waals surface area contributed by atoms with Crippen molar-refractivity contribution >= 4 is 33.5 Å². The summed E-state index contributed by atoms with van der Waals surface area (Å²) in [6.45, 7) is 2.92. The highest BCUT2D eigenvalue weighted by Crippen LogP contribution is 2.40. The fourth-order valence-corrected chi connectivity index (χ4v) is 3.76. The van der Waals surface area contributed by atoms with Crippen LogP contribution in [0.2, 0.25) is 0 Å². The van der Waals surface area contributed by atoms with Crippen LogP contribution in [-0.2, 0) is 4.74 Å². The molecule has 2 heterocycles. The number of rotatable bonds is 2. The highest BCUT2D eigenvalue weighted by Gasteiger charge is 2.31. The van der Waals surface area contributed by atoms with Crippen LogP contribution in [0.5, 0.6) is 0 Å². The molecule has 3 atom stereocenters. The molecule has 0 spiro atoms. The monoisotopic (exact) mass is 300 g/mol. The summed E-state index contributed by atoms with van der Waals surface area (Å²) in [7, 11) is 0. The summed E-state index contributed by atoms with van der Waals surface area (Å²) in [5.41, 5.74) is 2.99. The van der Waals surface area contributed by atoms with Gasteiger partial charge in [-0.1, -0.05) is 24.3 Å². The van der Waals surface area contributed by atoms with Crippen LogP contribution in [0.1, 0.15) is 24.3 Å². The third kappa shape index (κ3) is 2.14. The standard InChI is InChI=1S/C18H17ClO2/c1-11-13(8-9-20-11)18(19)12-6-7-17-15(10-12)14-4-2-3-5-16(14)21-17/h2-7,10-11,13,18H,8-9H2,1H3. The van der Waals surface area contributed by atoms with Gasteiger partial charge in [-0.3, -0.25) is 0 Å². The minimum atomic E-state index is -0.0134. The number of para-hydroxylation sites is 1. The summed E-state index contributed by atoms with van der Waals surface area (Å²) in [5, 5.41) is 2.27. The van der Waals surface area contributed by atoms with E-state index in [1.54, 1.807) is 0 Å². The maximum Gasteiger partial charge on any atom is 0.135 e. The molecule has 1 aromatic heterocycles. The maximum atomic E-state index is 6.72. The van der Waals surface area contributed by atoms with E-state index >= 15 is 0 Å². The first kappa shape index (κ1) is 13.2. The minimum absolute atomic E-state index is 0.0134. The molecule has 21 heavy (non-hydrogen) atoms. The molecule has 0 bridgehead atoms. The quantitative estimate of drug-likeness (QED) is 0.600. The zero-order valence-electron chi connectivity index (χ0n) is 11.9. The van der Waals surface area contributed by atoms with E-state index in [1.165, 1.54) is 0 Å². The first-order chi connectivity index (χ1) is 10.2. The smallest absolute Gasteiger partial charge is 0.135 e. The van der Waals surface area contributed by atoms with Crippen molar-refractivity contribution in [3.8, 4) is 0 Å². The molecule has 3 aromatic rings. The molecule has 1 aliphatic rings. The van der Waals surface area contributed by atoms with Gasteiger partial charge >= 0.3 is 0 Å². The molecule has 4 rings (SSSR count). The molecule has 0 aliphatic carbocycles. The topological polar surface area (TPSA) is 22.4 Å². The first-order valence-electron chi connectivity index (χ1n) is 7.41. The van der Waals surface area contributed by atoms with Crippen molar-refractivity contribution in [2.24, 2.45) is 5.92 Å². The van der Waals surface area contributed by atoms with E-state index < -0.39 is 0 Å². The molecule has 2 aromatic carbocycles. The minimum Gasteiger partial charge on any atom is -0.456 e. The molecule has 3 heteroatoms. The Labute approximate surface area is 128 Å². The summed E-state index contributed by atoms with van der Waals surface area (Å²) in [4.78, 5) is 0. The summed E-state index contributed by atoms with van der Waals surface area (Å²) in [6.07, 6.45) is 1.25. The van der Waals surface area contributed by atoms with Crippen molar-refractivity contribution < 1.29 is 9.15 Å². The maximum absolute atomic E-state index is 6.72. The van der Waals surface area contributed by atoms with E-state index in [4.69, 9.17) is 20.8 Å². The van der Waals surface area contributed by atoms with E-state index in [1.807, 2.05) is 24.3 Å². The molecule has 108 valence electrons. The molecule has 1 aliphatic heterocycles. The van der Waals surface area contributed by atoms with Crippen molar-refractivity contribution in [3.05, 3.63) is 48.0 Å². The Morgan fingerprint density at radius 1 is 1.10 bits per heavy atom. The molecule has 0 amide bonds. The Morgan fingerprint density at radius 2 is 1.90 bits per heavy atom. The third-order valence-electron chi connectivity index (χ3n) is 4.53. The Kier molecular flexibility index (Phi) is 3.16. The largest absolute Gasteiger partial charge is 0.456 e. The van der Waals surface area contributed by atoms with Crippen molar-refractivity contribution in [1.29, 1.82) is 0 Å². The van der Waals surface area contributed by atoms with Crippen molar-refractivity contribution in [3.63, 3.8) is 0 Å². The van der Waals surface area contributed by atoms with Gasteiger partial charge in [-0.2, -0.15) is 0 Å². The van der Waals surface area contributed by atoms with E-state index in [-0.39, 0.29) is 11.5 Å². The zero-order chi connectivity index (χ0) is 14.4. The van der Waals surface area contributed by atoms with Crippen LogP contribution in [-0.4, -0.2) is 12.7 Å². The van der Waals surface area contributed by atoms with E-state index in [0.717, 1.165) is 40.5 Å². The van der Waals surface area contributed by atoms with Crippen molar-refractivity contribution in [1.82, 2.24) is 0 Å². The zero-order valence-corrected chi connectivity index (χ0v) is 12.6. The van der Waals surface area contributed by atoms with Crippen LogP contribution in [0.25, 0.3) is 21.9 Å². The molecular formula is C18H17ClO2. The SMILES string of the molecule is CC1OCCC1C(Cl)c1ccc2oc3ccccc3c2c1. The fourth-order valence-electron chi connectivity index (χ4n) is 3.30. The van der Waals surface area contributed by atoms with E-state index in [0.29, 0.717) is 5.92 Å². The molecule has 0 saturated carbocycles. The lowest BCUT2D eigenvalue weighted by molar-refractivity contribution is 0.105. The molecule has 0 radical (unpaired) electrons. The van der Waals surface area contributed by atoms with E-state index in [2.05, 4.69) is 25.1 Å². The Hall–Kier alpha value is -1.51. The van der Waals surface area contributed by atoms with Gasteiger partial charge in [0, 0.05) is 23.3 Å². The predicted molar refractivity (Wildman–Crippen MR) is 85.8 cm³/mol. The van der Waals surface area contributed by atoms with Gasteiger partial charge in [0.15, 0.2) is 0 Å². The number of furan rings is 1. The van der Waals surface area contributed by atoms with Crippen molar-refractivity contribution in [2.45, 2.75) is 24.8 Å². The molecular weight excluding hydrogens is 284 g/mol. The summed E-state index contributed by atoms with van der Waals surface area (Å²) in [5.74, 6) is 0.377. The van der Waals surface area contributed by atoms with Crippen LogP contribution in [0.15, 0.2) is 46.9 Å². The predicted octanol–water partition coefficient (Wildman–Crippen LogP) is 5.29. The van der Waals surface area contributed by atoms with Crippen LogP contribution in [0.4, 0.5) is 0 Å². The second-order valence-corrected chi connectivity index (χ2v) is 6.25. The van der Waals surface area contributed by atoms with Gasteiger partial charge in [0.25, 0.3) is 0 Å². The normalized spacial score (nSPS) is 23.9. The lowest BCUT2D eigenvalue weighted by Gasteiger charge is -2.20. The molecule has 0 N–H and O–H groups in total. The highest BCUT2D eigenvalue weighted by molar-refractivity contribution is 6.21. The third-order valence-corrected chi connectivity index (χ3v) is 5.11. The summed E-state index contributed by atoms with van der Waals surface area (Å²) in [6, 6.07) is 14.4. The summed E-state index contributed by atoms with van der Waals surface area (Å²) >= 11 is 6.72.